The van der Waals surface area contributed by atoms with Gasteiger partial charge in [0.2, 0.25) is 5.91 Å². The lowest BCUT2D eigenvalue weighted by Crippen LogP contribution is -2.51. The fraction of sp³-hybridized carbons (Fsp3) is 0.417. The number of primary amides is 1. The third kappa shape index (κ3) is 3.43. The van der Waals surface area contributed by atoms with E-state index in [1.807, 2.05) is 0 Å². The van der Waals surface area contributed by atoms with E-state index in [1.54, 1.807) is 26.0 Å². The van der Waals surface area contributed by atoms with Crippen LogP contribution in [0, 0.1) is 12.7 Å². The quantitative estimate of drug-likeness (QED) is 0.354. The van der Waals surface area contributed by atoms with Gasteiger partial charge < -0.3 is 5.73 Å². The van der Waals surface area contributed by atoms with Crippen LogP contribution in [-0.2, 0) is 10.3 Å². The molecule has 0 fully saturated rings. The van der Waals surface area contributed by atoms with Crippen LogP contribution in [0.15, 0.2) is 23.3 Å². The molecule has 7 heteroatoms. The number of halogens is 1. The predicted molar refractivity (Wildman–Crippen MR) is 69.7 cm³/mol. The van der Waals surface area contributed by atoms with Crippen LogP contribution in [0.4, 0.5) is 4.39 Å². The zero-order chi connectivity index (χ0) is 14.5. The van der Waals surface area contributed by atoms with Crippen molar-refractivity contribution < 1.29 is 9.18 Å². The lowest BCUT2D eigenvalue weighted by molar-refractivity contribution is -0.124. The summed E-state index contributed by atoms with van der Waals surface area (Å²) in [6.45, 7) is 3.64. The maximum atomic E-state index is 13.6. The molecule has 0 aliphatic heterocycles. The summed E-state index contributed by atoms with van der Waals surface area (Å²) in [5.41, 5.74) is 13.3. The number of amides is 1. The number of carbonyl (C=O) groups excluding carboxylic acids is 1. The average Bonchev–Trinajstić information content (AvgIpc) is 2.37. The molecule has 0 aromatic heterocycles. The number of nitrogens with zero attached hydrogens (tertiary/aromatic N) is 3. The summed E-state index contributed by atoms with van der Waals surface area (Å²) in [6, 6.07) is 4.51. The standard InChI is InChI=1S/C12H16FN5O/c1-8-3-4-9(7-10(8)13)12(2,11(14)19)16-5-6-17-18-15/h3-4,7,16H,5-6H2,1-2H3,(H2,14,19). The van der Waals surface area contributed by atoms with Gasteiger partial charge in [0.25, 0.3) is 0 Å². The van der Waals surface area contributed by atoms with Gasteiger partial charge in [0, 0.05) is 18.0 Å². The molecule has 1 atom stereocenters. The van der Waals surface area contributed by atoms with Crippen LogP contribution in [-0.4, -0.2) is 19.0 Å². The van der Waals surface area contributed by atoms with Crippen molar-refractivity contribution in [3.05, 3.63) is 45.6 Å². The van der Waals surface area contributed by atoms with E-state index in [-0.39, 0.29) is 13.1 Å². The van der Waals surface area contributed by atoms with Crippen LogP contribution in [0.2, 0.25) is 0 Å². The highest BCUT2D eigenvalue weighted by molar-refractivity contribution is 5.85. The fourth-order valence-electron chi connectivity index (χ4n) is 1.64. The Hall–Kier alpha value is -2.11. The number of aryl methyl sites for hydroxylation is 1. The molecule has 1 aromatic rings. The van der Waals surface area contributed by atoms with Crippen molar-refractivity contribution in [1.82, 2.24) is 5.32 Å². The van der Waals surface area contributed by atoms with E-state index < -0.39 is 17.3 Å². The van der Waals surface area contributed by atoms with Gasteiger partial charge in [-0.15, -0.1) is 0 Å². The minimum absolute atomic E-state index is 0.174. The van der Waals surface area contributed by atoms with Crippen LogP contribution in [0.3, 0.4) is 0 Å². The van der Waals surface area contributed by atoms with Crippen molar-refractivity contribution in [3.8, 4) is 0 Å². The van der Waals surface area contributed by atoms with Crippen LogP contribution in [0.1, 0.15) is 18.1 Å². The molecule has 1 unspecified atom stereocenters. The Morgan fingerprint density at radius 3 is 2.84 bits per heavy atom. The molecule has 0 bridgehead atoms. The number of nitrogens with one attached hydrogen (secondary N) is 1. The van der Waals surface area contributed by atoms with Gasteiger partial charge in [-0.2, -0.15) is 0 Å². The van der Waals surface area contributed by atoms with E-state index in [1.165, 1.54) is 6.07 Å². The van der Waals surface area contributed by atoms with Gasteiger partial charge in [0.05, 0.1) is 0 Å². The summed E-state index contributed by atoms with van der Waals surface area (Å²) < 4.78 is 13.6. The van der Waals surface area contributed by atoms with Crippen LogP contribution in [0.5, 0.6) is 0 Å². The van der Waals surface area contributed by atoms with E-state index in [2.05, 4.69) is 15.3 Å². The molecular formula is C12H16FN5O. The maximum Gasteiger partial charge on any atom is 0.242 e. The second kappa shape index (κ2) is 6.17. The first-order valence-electron chi connectivity index (χ1n) is 5.74. The zero-order valence-corrected chi connectivity index (χ0v) is 10.9. The number of nitrogens with two attached hydrogens (primary N) is 1. The monoisotopic (exact) mass is 265 g/mol. The van der Waals surface area contributed by atoms with Gasteiger partial charge in [-0.05, 0) is 36.6 Å². The Balaban J connectivity index is 3.00. The van der Waals surface area contributed by atoms with Gasteiger partial charge in [-0.1, -0.05) is 17.2 Å². The number of benzene rings is 1. The number of azide groups is 1. The smallest absolute Gasteiger partial charge is 0.242 e. The molecule has 0 radical (unpaired) electrons. The average molecular weight is 265 g/mol. The van der Waals surface area contributed by atoms with E-state index >= 15 is 0 Å². The summed E-state index contributed by atoms with van der Waals surface area (Å²) in [5.74, 6) is -1.03. The highest BCUT2D eigenvalue weighted by atomic mass is 19.1. The molecule has 6 nitrogen and oxygen atoms in total. The van der Waals surface area contributed by atoms with Crippen molar-refractivity contribution in [3.63, 3.8) is 0 Å². The third-order valence-corrected chi connectivity index (χ3v) is 3.00. The molecule has 19 heavy (non-hydrogen) atoms. The Bertz CT molecular complexity index is 527. The van der Waals surface area contributed by atoms with E-state index in [4.69, 9.17) is 11.3 Å². The molecule has 1 rings (SSSR count). The van der Waals surface area contributed by atoms with Gasteiger partial charge in [-0.25, -0.2) is 4.39 Å². The minimum atomic E-state index is -1.21. The highest BCUT2D eigenvalue weighted by Gasteiger charge is 2.32. The fourth-order valence-corrected chi connectivity index (χ4v) is 1.64. The Kier molecular flexibility index (Phi) is 4.86. The normalized spacial score (nSPS) is 13.4. The number of rotatable bonds is 6. The van der Waals surface area contributed by atoms with E-state index in [9.17, 15) is 9.18 Å². The predicted octanol–water partition coefficient (Wildman–Crippen LogP) is 1.73. The largest absolute Gasteiger partial charge is 0.368 e. The van der Waals surface area contributed by atoms with Gasteiger partial charge >= 0.3 is 0 Å². The second-order valence-corrected chi connectivity index (χ2v) is 4.33. The van der Waals surface area contributed by atoms with Crippen molar-refractivity contribution in [2.45, 2.75) is 19.4 Å². The van der Waals surface area contributed by atoms with Gasteiger partial charge in [0.1, 0.15) is 11.4 Å². The lowest BCUT2D eigenvalue weighted by atomic mass is 9.90. The Morgan fingerprint density at radius 1 is 1.63 bits per heavy atom. The first-order valence-corrected chi connectivity index (χ1v) is 5.74. The topological polar surface area (TPSA) is 104 Å². The summed E-state index contributed by atoms with van der Waals surface area (Å²) >= 11 is 0. The van der Waals surface area contributed by atoms with E-state index in [0.29, 0.717) is 11.1 Å². The number of carbonyl (C=O) groups is 1. The summed E-state index contributed by atoms with van der Waals surface area (Å²) in [4.78, 5) is 14.2. The molecule has 0 aliphatic rings. The summed E-state index contributed by atoms with van der Waals surface area (Å²) in [7, 11) is 0. The SMILES string of the molecule is Cc1ccc(C(C)(NCCN=[N+]=[N-])C(N)=O)cc1F. The molecule has 1 aromatic carbocycles. The van der Waals surface area contributed by atoms with E-state index in [0.717, 1.165) is 0 Å². The Labute approximate surface area is 110 Å². The minimum Gasteiger partial charge on any atom is -0.368 e. The zero-order valence-electron chi connectivity index (χ0n) is 10.9. The molecule has 0 spiro atoms. The van der Waals surface area contributed by atoms with Crippen molar-refractivity contribution in [2.75, 3.05) is 13.1 Å². The first kappa shape index (κ1) is 14.9. The lowest BCUT2D eigenvalue weighted by Gasteiger charge is -2.28. The van der Waals surface area contributed by atoms with Crippen molar-refractivity contribution in [2.24, 2.45) is 10.8 Å². The third-order valence-electron chi connectivity index (χ3n) is 3.00. The molecule has 3 N–H and O–H groups in total. The van der Waals surface area contributed by atoms with Gasteiger partial charge in [-0.3, -0.25) is 10.1 Å². The molecule has 102 valence electrons. The molecule has 0 saturated heterocycles. The maximum absolute atomic E-state index is 13.6. The van der Waals surface area contributed by atoms with Crippen LogP contribution < -0.4 is 11.1 Å². The van der Waals surface area contributed by atoms with Crippen LogP contribution >= 0.6 is 0 Å². The molecule has 0 aliphatic carbocycles. The highest BCUT2D eigenvalue weighted by Crippen LogP contribution is 2.22. The molecule has 1 amide bonds. The van der Waals surface area contributed by atoms with Gasteiger partial charge in [0.15, 0.2) is 0 Å². The molecular weight excluding hydrogens is 249 g/mol. The summed E-state index contributed by atoms with van der Waals surface area (Å²) in [6.07, 6.45) is 0. The van der Waals surface area contributed by atoms with Crippen molar-refractivity contribution >= 4 is 5.91 Å². The number of hydrogen-bond donors (Lipinski definition) is 2. The molecule has 0 heterocycles. The second-order valence-electron chi connectivity index (χ2n) is 4.33. The van der Waals surface area contributed by atoms with Crippen LogP contribution in [0.25, 0.3) is 10.4 Å². The number of hydrogen-bond acceptors (Lipinski definition) is 3. The first-order chi connectivity index (χ1) is 8.91. The summed E-state index contributed by atoms with van der Waals surface area (Å²) in [5, 5.41) is 6.24. The Morgan fingerprint density at radius 2 is 2.32 bits per heavy atom. The van der Waals surface area contributed by atoms with Crippen molar-refractivity contribution in [1.29, 1.82) is 0 Å². The molecule has 0 saturated carbocycles.